The molecule has 2 aliphatic rings. The van der Waals surface area contributed by atoms with Crippen LogP contribution in [0.2, 0.25) is 0 Å². The van der Waals surface area contributed by atoms with Gasteiger partial charge in [0.25, 0.3) is 5.91 Å². The smallest absolute Gasteiger partial charge is 0.258 e. The van der Waals surface area contributed by atoms with Crippen molar-refractivity contribution in [3.8, 4) is 29.0 Å². The second-order valence-corrected chi connectivity index (χ2v) is 8.50. The van der Waals surface area contributed by atoms with E-state index in [1.807, 2.05) is 60.3 Å². The van der Waals surface area contributed by atoms with E-state index in [1.54, 1.807) is 24.4 Å². The van der Waals surface area contributed by atoms with Crippen LogP contribution in [0.5, 0.6) is 11.5 Å². The van der Waals surface area contributed by atoms with E-state index in [2.05, 4.69) is 21.7 Å². The first kappa shape index (κ1) is 21.5. The number of nitrogens with one attached hydrogen (secondary N) is 2. The van der Waals surface area contributed by atoms with Gasteiger partial charge in [0.15, 0.2) is 11.5 Å². The highest BCUT2D eigenvalue weighted by molar-refractivity contribution is 6.37. The Bertz CT molecular complexity index is 1580. The van der Waals surface area contributed by atoms with Crippen molar-refractivity contribution in [1.29, 1.82) is 5.26 Å². The van der Waals surface area contributed by atoms with Crippen LogP contribution in [0.25, 0.3) is 22.7 Å². The lowest BCUT2D eigenvalue weighted by Crippen LogP contribution is -2.16. The number of imidazole rings is 1. The minimum Gasteiger partial charge on any atom is -0.486 e. The molecular formula is C28H21N5O3. The standard InChI is InChI=1S/C28H21N5O3/c1-33-11-10-30-27(33)18-3-6-20(7-4-18)31-26(19-5-9-23-24(15-19)36-13-12-35-23)25-21-8-2-17(16-29)14-22(21)32-28(25)34/h2-11,14-15,31H,12-13H2,1H3,(H,32,34). The van der Waals surface area contributed by atoms with Crippen molar-refractivity contribution in [2.75, 3.05) is 23.8 Å². The minimum atomic E-state index is -0.248. The van der Waals surface area contributed by atoms with E-state index in [0.717, 1.165) is 28.2 Å². The largest absolute Gasteiger partial charge is 0.486 e. The first-order valence-corrected chi connectivity index (χ1v) is 11.5. The maximum atomic E-state index is 13.2. The number of hydrogen-bond donors (Lipinski definition) is 2. The second kappa shape index (κ2) is 8.64. The quantitative estimate of drug-likeness (QED) is 0.416. The van der Waals surface area contributed by atoms with E-state index in [-0.39, 0.29) is 5.91 Å². The summed E-state index contributed by atoms with van der Waals surface area (Å²) in [6.45, 7) is 0.961. The average molecular weight is 476 g/mol. The Hall–Kier alpha value is -5.03. The zero-order chi connectivity index (χ0) is 24.6. The van der Waals surface area contributed by atoms with Gasteiger partial charge in [0.1, 0.15) is 19.0 Å². The number of carbonyl (C=O) groups is 1. The second-order valence-electron chi connectivity index (χ2n) is 8.50. The molecule has 0 aliphatic carbocycles. The number of aryl methyl sites for hydroxylation is 1. The number of benzene rings is 3. The number of amides is 1. The van der Waals surface area contributed by atoms with Crippen molar-refractivity contribution >= 4 is 28.6 Å². The number of nitriles is 1. The van der Waals surface area contributed by atoms with E-state index < -0.39 is 0 Å². The molecule has 0 radical (unpaired) electrons. The van der Waals surface area contributed by atoms with Crippen LogP contribution in [0.3, 0.4) is 0 Å². The Kier molecular flexibility index (Phi) is 5.16. The number of anilines is 2. The van der Waals surface area contributed by atoms with Gasteiger partial charge in [0.2, 0.25) is 0 Å². The zero-order valence-corrected chi connectivity index (χ0v) is 19.4. The highest BCUT2D eigenvalue weighted by Gasteiger charge is 2.29. The number of nitrogens with zero attached hydrogens (tertiary/aromatic N) is 3. The van der Waals surface area contributed by atoms with Crippen LogP contribution in [0, 0.1) is 11.3 Å². The third-order valence-corrected chi connectivity index (χ3v) is 6.21. The van der Waals surface area contributed by atoms with E-state index >= 15 is 0 Å². The van der Waals surface area contributed by atoms with Crippen molar-refractivity contribution < 1.29 is 14.3 Å². The molecule has 2 aliphatic heterocycles. The maximum absolute atomic E-state index is 13.2. The SMILES string of the molecule is Cn1ccnc1-c1ccc(NC(=C2C(=O)Nc3cc(C#N)ccc32)c2ccc3c(c2)OCCO3)cc1. The Morgan fingerprint density at radius 1 is 1.06 bits per heavy atom. The molecule has 3 aromatic carbocycles. The van der Waals surface area contributed by atoms with Crippen LogP contribution < -0.4 is 20.1 Å². The lowest BCUT2D eigenvalue weighted by atomic mass is 9.98. The molecule has 1 aromatic heterocycles. The van der Waals surface area contributed by atoms with E-state index in [0.29, 0.717) is 47.2 Å². The molecule has 0 atom stereocenters. The van der Waals surface area contributed by atoms with Gasteiger partial charge < -0.3 is 24.7 Å². The molecule has 3 heterocycles. The van der Waals surface area contributed by atoms with Crippen molar-refractivity contribution in [3.05, 3.63) is 89.7 Å². The third kappa shape index (κ3) is 3.73. The molecule has 0 bridgehead atoms. The van der Waals surface area contributed by atoms with Crippen LogP contribution in [-0.4, -0.2) is 28.7 Å². The Morgan fingerprint density at radius 2 is 1.86 bits per heavy atom. The van der Waals surface area contributed by atoms with Crippen LogP contribution in [0.1, 0.15) is 16.7 Å². The van der Waals surface area contributed by atoms with Crippen molar-refractivity contribution in [3.63, 3.8) is 0 Å². The summed E-state index contributed by atoms with van der Waals surface area (Å²) in [5, 5.41) is 15.6. The summed E-state index contributed by atoms with van der Waals surface area (Å²) in [6.07, 6.45) is 3.67. The monoisotopic (exact) mass is 475 g/mol. The molecule has 0 saturated heterocycles. The summed E-state index contributed by atoms with van der Waals surface area (Å²) in [4.78, 5) is 17.6. The predicted molar refractivity (Wildman–Crippen MR) is 136 cm³/mol. The van der Waals surface area contributed by atoms with Crippen molar-refractivity contribution in [2.45, 2.75) is 0 Å². The van der Waals surface area contributed by atoms with Crippen LogP contribution in [0.15, 0.2) is 73.1 Å². The van der Waals surface area contributed by atoms with Gasteiger partial charge in [-0.2, -0.15) is 5.26 Å². The molecule has 36 heavy (non-hydrogen) atoms. The summed E-state index contributed by atoms with van der Waals surface area (Å²) < 4.78 is 13.4. The van der Waals surface area contributed by atoms with Gasteiger partial charge in [-0.15, -0.1) is 0 Å². The van der Waals surface area contributed by atoms with Crippen LogP contribution in [0.4, 0.5) is 11.4 Å². The van der Waals surface area contributed by atoms with Gasteiger partial charge in [0, 0.05) is 41.8 Å². The summed E-state index contributed by atoms with van der Waals surface area (Å²) >= 11 is 0. The van der Waals surface area contributed by atoms with E-state index in [1.165, 1.54) is 0 Å². The Balaban J connectivity index is 1.46. The Morgan fingerprint density at radius 3 is 2.61 bits per heavy atom. The van der Waals surface area contributed by atoms with Gasteiger partial charge in [-0.25, -0.2) is 4.98 Å². The zero-order valence-electron chi connectivity index (χ0n) is 19.4. The molecule has 2 N–H and O–H groups in total. The summed E-state index contributed by atoms with van der Waals surface area (Å²) in [5.41, 5.74) is 5.48. The predicted octanol–water partition coefficient (Wildman–Crippen LogP) is 4.66. The number of hydrogen-bond acceptors (Lipinski definition) is 6. The van der Waals surface area contributed by atoms with Gasteiger partial charge >= 0.3 is 0 Å². The van der Waals surface area contributed by atoms with E-state index in [9.17, 15) is 10.1 Å². The molecule has 0 spiro atoms. The van der Waals surface area contributed by atoms with Gasteiger partial charge in [-0.3, -0.25) is 4.79 Å². The molecular weight excluding hydrogens is 454 g/mol. The summed E-state index contributed by atoms with van der Waals surface area (Å²) in [5.74, 6) is 1.91. The molecule has 6 rings (SSSR count). The third-order valence-electron chi connectivity index (χ3n) is 6.21. The van der Waals surface area contributed by atoms with Gasteiger partial charge in [0.05, 0.1) is 28.6 Å². The molecule has 0 saturated carbocycles. The lowest BCUT2D eigenvalue weighted by Gasteiger charge is -2.21. The summed E-state index contributed by atoms with van der Waals surface area (Å²) in [6, 6.07) is 20.8. The molecule has 4 aromatic rings. The molecule has 8 heteroatoms. The number of carbonyl (C=O) groups excluding carboxylic acids is 1. The van der Waals surface area contributed by atoms with Crippen LogP contribution >= 0.6 is 0 Å². The first-order chi connectivity index (χ1) is 17.6. The number of aromatic nitrogens is 2. The maximum Gasteiger partial charge on any atom is 0.258 e. The van der Waals surface area contributed by atoms with Crippen molar-refractivity contribution in [2.24, 2.45) is 7.05 Å². The normalized spacial score (nSPS) is 15.1. The highest BCUT2D eigenvalue weighted by atomic mass is 16.6. The molecule has 0 unspecified atom stereocenters. The van der Waals surface area contributed by atoms with Crippen LogP contribution in [-0.2, 0) is 11.8 Å². The number of fused-ring (bicyclic) bond motifs is 2. The number of rotatable bonds is 4. The molecule has 1 amide bonds. The fourth-order valence-corrected chi connectivity index (χ4v) is 4.46. The average Bonchev–Trinajstić information content (AvgIpc) is 3.48. The minimum absolute atomic E-state index is 0.248. The summed E-state index contributed by atoms with van der Waals surface area (Å²) in [7, 11) is 1.95. The lowest BCUT2D eigenvalue weighted by molar-refractivity contribution is -0.110. The van der Waals surface area contributed by atoms with Gasteiger partial charge in [-0.1, -0.05) is 6.07 Å². The highest BCUT2D eigenvalue weighted by Crippen LogP contribution is 2.40. The van der Waals surface area contributed by atoms with Crippen molar-refractivity contribution in [1.82, 2.24) is 9.55 Å². The molecule has 8 nitrogen and oxygen atoms in total. The fraction of sp³-hybridized carbons (Fsp3) is 0.107. The van der Waals surface area contributed by atoms with Gasteiger partial charge in [-0.05, 0) is 54.6 Å². The van der Waals surface area contributed by atoms with E-state index in [4.69, 9.17) is 9.47 Å². The topological polar surface area (TPSA) is 101 Å². The Labute approximate surface area is 207 Å². The molecule has 176 valence electrons. The molecule has 0 fully saturated rings. The number of ether oxygens (including phenoxy) is 2. The first-order valence-electron chi connectivity index (χ1n) is 11.5. The fourth-order valence-electron chi connectivity index (χ4n) is 4.46.